The van der Waals surface area contributed by atoms with Gasteiger partial charge < -0.3 is 10.2 Å². The van der Waals surface area contributed by atoms with Crippen LogP contribution in [-0.4, -0.2) is 37.0 Å². The molecule has 82 valence electrons. The van der Waals surface area contributed by atoms with Gasteiger partial charge >= 0.3 is 0 Å². The van der Waals surface area contributed by atoms with E-state index in [1.54, 1.807) is 0 Å². The van der Waals surface area contributed by atoms with Crippen molar-refractivity contribution in [2.24, 2.45) is 5.92 Å². The normalized spacial score (nSPS) is 15.6. The van der Waals surface area contributed by atoms with Crippen LogP contribution in [0.2, 0.25) is 0 Å². The van der Waals surface area contributed by atoms with Gasteiger partial charge in [0.1, 0.15) is 0 Å². The molecule has 0 atom stereocenters. The molecule has 0 heterocycles. The van der Waals surface area contributed by atoms with Crippen LogP contribution in [0.25, 0.3) is 0 Å². The number of carbonyl (C=O) groups excluding carboxylic acids is 1. The standard InChI is InChI=1S/C11H22N2O/c1-3-13(4-2)11(14)7-8-12-9-10-5-6-10/h10,12H,3-9H2,1-2H3. The van der Waals surface area contributed by atoms with Gasteiger partial charge in [-0.25, -0.2) is 0 Å². The zero-order valence-electron chi connectivity index (χ0n) is 9.38. The monoisotopic (exact) mass is 198 g/mol. The number of carbonyl (C=O) groups is 1. The van der Waals surface area contributed by atoms with Crippen LogP contribution >= 0.6 is 0 Å². The molecule has 0 aromatic rings. The smallest absolute Gasteiger partial charge is 0.223 e. The summed E-state index contributed by atoms with van der Waals surface area (Å²) >= 11 is 0. The molecule has 14 heavy (non-hydrogen) atoms. The Morgan fingerprint density at radius 1 is 1.36 bits per heavy atom. The summed E-state index contributed by atoms with van der Waals surface area (Å²) < 4.78 is 0. The van der Waals surface area contributed by atoms with E-state index in [9.17, 15) is 4.79 Å². The van der Waals surface area contributed by atoms with Gasteiger partial charge in [-0.3, -0.25) is 4.79 Å². The van der Waals surface area contributed by atoms with Crippen molar-refractivity contribution in [3.63, 3.8) is 0 Å². The molecule has 1 rings (SSSR count). The van der Waals surface area contributed by atoms with E-state index in [4.69, 9.17) is 0 Å². The Kier molecular flexibility index (Phi) is 4.94. The average Bonchev–Trinajstić information content (AvgIpc) is 2.98. The number of hydrogen-bond acceptors (Lipinski definition) is 2. The molecule has 0 aromatic heterocycles. The molecule has 0 saturated heterocycles. The van der Waals surface area contributed by atoms with Crippen LogP contribution in [-0.2, 0) is 4.79 Å². The number of amides is 1. The lowest BCUT2D eigenvalue weighted by Gasteiger charge is -2.18. The molecule has 1 fully saturated rings. The van der Waals surface area contributed by atoms with Crippen LogP contribution < -0.4 is 5.32 Å². The molecule has 0 aliphatic heterocycles. The molecule has 1 N–H and O–H groups in total. The van der Waals surface area contributed by atoms with E-state index >= 15 is 0 Å². The molecule has 0 bridgehead atoms. The third-order valence-electron chi connectivity index (χ3n) is 2.76. The minimum Gasteiger partial charge on any atom is -0.343 e. The Bertz CT molecular complexity index is 174. The van der Waals surface area contributed by atoms with Crippen molar-refractivity contribution in [2.45, 2.75) is 33.1 Å². The van der Waals surface area contributed by atoms with Gasteiger partial charge in [-0.05, 0) is 39.2 Å². The first-order chi connectivity index (χ1) is 6.77. The zero-order chi connectivity index (χ0) is 10.4. The molecule has 0 spiro atoms. The predicted octanol–water partition coefficient (Wildman–Crippen LogP) is 1.24. The first-order valence-electron chi connectivity index (χ1n) is 5.76. The van der Waals surface area contributed by atoms with Crippen molar-refractivity contribution in [3.05, 3.63) is 0 Å². The topological polar surface area (TPSA) is 32.3 Å². The van der Waals surface area contributed by atoms with E-state index in [1.807, 2.05) is 18.7 Å². The SMILES string of the molecule is CCN(CC)C(=O)CCNCC1CC1. The Balaban J connectivity index is 2.00. The summed E-state index contributed by atoms with van der Waals surface area (Å²) in [6.07, 6.45) is 3.39. The molecule has 3 nitrogen and oxygen atoms in total. The first-order valence-corrected chi connectivity index (χ1v) is 5.76. The highest BCUT2D eigenvalue weighted by Gasteiger charge is 2.20. The van der Waals surface area contributed by atoms with Crippen molar-refractivity contribution in [1.82, 2.24) is 10.2 Å². The van der Waals surface area contributed by atoms with Gasteiger partial charge in [0, 0.05) is 26.1 Å². The van der Waals surface area contributed by atoms with Gasteiger partial charge in [-0.1, -0.05) is 0 Å². The predicted molar refractivity (Wildman–Crippen MR) is 58.1 cm³/mol. The lowest BCUT2D eigenvalue weighted by atomic mass is 10.3. The highest BCUT2D eigenvalue weighted by atomic mass is 16.2. The molecule has 3 heteroatoms. The minimum absolute atomic E-state index is 0.276. The molecule has 0 unspecified atom stereocenters. The highest BCUT2D eigenvalue weighted by molar-refractivity contribution is 5.76. The fourth-order valence-corrected chi connectivity index (χ4v) is 1.56. The van der Waals surface area contributed by atoms with E-state index in [1.165, 1.54) is 12.8 Å². The molecular weight excluding hydrogens is 176 g/mol. The lowest BCUT2D eigenvalue weighted by molar-refractivity contribution is -0.130. The number of nitrogens with one attached hydrogen (secondary N) is 1. The number of hydrogen-bond donors (Lipinski definition) is 1. The summed E-state index contributed by atoms with van der Waals surface area (Å²) in [5.41, 5.74) is 0. The van der Waals surface area contributed by atoms with Gasteiger partial charge in [-0.15, -0.1) is 0 Å². The number of nitrogens with zero attached hydrogens (tertiary/aromatic N) is 1. The maximum Gasteiger partial charge on any atom is 0.223 e. The fraction of sp³-hybridized carbons (Fsp3) is 0.909. The van der Waals surface area contributed by atoms with Crippen LogP contribution in [0, 0.1) is 5.92 Å². The largest absolute Gasteiger partial charge is 0.343 e. The van der Waals surface area contributed by atoms with Crippen LogP contribution in [0.3, 0.4) is 0 Å². The van der Waals surface area contributed by atoms with Crippen LogP contribution in [0.1, 0.15) is 33.1 Å². The Hall–Kier alpha value is -0.570. The van der Waals surface area contributed by atoms with Gasteiger partial charge in [-0.2, -0.15) is 0 Å². The first kappa shape index (κ1) is 11.5. The lowest BCUT2D eigenvalue weighted by Crippen LogP contribution is -2.33. The molecule has 1 amide bonds. The molecule has 0 radical (unpaired) electrons. The van der Waals surface area contributed by atoms with E-state index in [0.29, 0.717) is 6.42 Å². The van der Waals surface area contributed by atoms with E-state index in [0.717, 1.165) is 32.1 Å². The molecule has 1 aliphatic rings. The Labute approximate surface area is 86.9 Å². The van der Waals surface area contributed by atoms with Gasteiger partial charge in [0.05, 0.1) is 0 Å². The summed E-state index contributed by atoms with van der Waals surface area (Å²) in [6, 6.07) is 0. The third kappa shape index (κ3) is 4.09. The highest BCUT2D eigenvalue weighted by Crippen LogP contribution is 2.27. The summed E-state index contributed by atoms with van der Waals surface area (Å²) in [5, 5.41) is 3.33. The van der Waals surface area contributed by atoms with E-state index in [-0.39, 0.29) is 5.91 Å². The van der Waals surface area contributed by atoms with Gasteiger partial charge in [0.2, 0.25) is 5.91 Å². The second kappa shape index (κ2) is 6.02. The molecule has 1 aliphatic carbocycles. The third-order valence-corrected chi connectivity index (χ3v) is 2.76. The van der Waals surface area contributed by atoms with Crippen molar-refractivity contribution in [3.8, 4) is 0 Å². The quantitative estimate of drug-likeness (QED) is 0.624. The second-order valence-corrected chi connectivity index (χ2v) is 3.96. The summed E-state index contributed by atoms with van der Waals surface area (Å²) in [6.45, 7) is 7.66. The zero-order valence-corrected chi connectivity index (χ0v) is 9.38. The van der Waals surface area contributed by atoms with E-state index in [2.05, 4.69) is 5.32 Å². The molecule has 0 aromatic carbocycles. The maximum absolute atomic E-state index is 11.6. The summed E-state index contributed by atoms with van der Waals surface area (Å²) in [4.78, 5) is 13.4. The van der Waals surface area contributed by atoms with Gasteiger partial charge in [0.25, 0.3) is 0 Å². The van der Waals surface area contributed by atoms with Gasteiger partial charge in [0.15, 0.2) is 0 Å². The van der Waals surface area contributed by atoms with Crippen LogP contribution in [0.4, 0.5) is 0 Å². The minimum atomic E-state index is 0.276. The van der Waals surface area contributed by atoms with Crippen molar-refractivity contribution in [2.75, 3.05) is 26.2 Å². The van der Waals surface area contributed by atoms with Crippen LogP contribution in [0.15, 0.2) is 0 Å². The molecular formula is C11H22N2O. The average molecular weight is 198 g/mol. The van der Waals surface area contributed by atoms with Crippen molar-refractivity contribution < 1.29 is 4.79 Å². The van der Waals surface area contributed by atoms with Crippen molar-refractivity contribution >= 4 is 5.91 Å². The fourth-order valence-electron chi connectivity index (χ4n) is 1.56. The maximum atomic E-state index is 11.6. The van der Waals surface area contributed by atoms with Crippen LogP contribution in [0.5, 0.6) is 0 Å². The van der Waals surface area contributed by atoms with Crippen molar-refractivity contribution in [1.29, 1.82) is 0 Å². The van der Waals surface area contributed by atoms with E-state index < -0.39 is 0 Å². The summed E-state index contributed by atoms with van der Waals surface area (Å²) in [5.74, 6) is 1.18. The number of rotatable bonds is 7. The molecule has 1 saturated carbocycles. The summed E-state index contributed by atoms with van der Waals surface area (Å²) in [7, 11) is 0. The Morgan fingerprint density at radius 2 is 2.00 bits per heavy atom. The Morgan fingerprint density at radius 3 is 2.50 bits per heavy atom. The second-order valence-electron chi connectivity index (χ2n) is 3.96.